The number of carbonyl (C=O) groups excluding carboxylic acids is 1. The minimum Gasteiger partial charge on any atom is -0.462 e. The molecule has 0 N–H and O–H groups in total. The fraction of sp³-hybridized carbons (Fsp3) is 0.588. The van der Waals surface area contributed by atoms with Crippen molar-refractivity contribution in [2.24, 2.45) is 0 Å². The van der Waals surface area contributed by atoms with Crippen LogP contribution < -0.4 is 0 Å². The standard InChI is InChI=1S/C17H25FO2/c1-2-3-4-5-6-7-8-9-13-20-17(19)15-11-10-12-16(18)14-15/h10-12,14H,2-9,13H2,1H3. The molecule has 0 unspecified atom stereocenters. The molecule has 0 aliphatic carbocycles. The van der Waals surface area contributed by atoms with Crippen molar-refractivity contribution in [2.75, 3.05) is 6.61 Å². The fourth-order valence-electron chi connectivity index (χ4n) is 2.10. The Labute approximate surface area is 121 Å². The van der Waals surface area contributed by atoms with Gasteiger partial charge in [-0.2, -0.15) is 0 Å². The zero-order valence-corrected chi connectivity index (χ0v) is 12.4. The molecular formula is C17H25FO2. The van der Waals surface area contributed by atoms with Gasteiger partial charge in [-0.15, -0.1) is 0 Å². The highest BCUT2D eigenvalue weighted by Gasteiger charge is 2.07. The Morgan fingerprint density at radius 3 is 2.35 bits per heavy atom. The minimum atomic E-state index is -0.438. The molecule has 0 saturated heterocycles. The molecule has 1 aromatic rings. The van der Waals surface area contributed by atoms with Crippen molar-refractivity contribution in [3.8, 4) is 0 Å². The van der Waals surface area contributed by atoms with Crippen LogP contribution in [0.25, 0.3) is 0 Å². The smallest absolute Gasteiger partial charge is 0.338 e. The van der Waals surface area contributed by atoms with Crippen molar-refractivity contribution < 1.29 is 13.9 Å². The van der Waals surface area contributed by atoms with E-state index in [2.05, 4.69) is 6.92 Å². The van der Waals surface area contributed by atoms with E-state index in [1.807, 2.05) is 0 Å². The molecule has 0 atom stereocenters. The lowest BCUT2D eigenvalue weighted by molar-refractivity contribution is 0.0497. The Balaban J connectivity index is 2.02. The van der Waals surface area contributed by atoms with Crippen molar-refractivity contribution >= 4 is 5.97 Å². The summed E-state index contributed by atoms with van der Waals surface area (Å²) < 4.78 is 18.1. The van der Waals surface area contributed by atoms with Crippen LogP contribution >= 0.6 is 0 Å². The summed E-state index contributed by atoms with van der Waals surface area (Å²) in [6, 6.07) is 5.60. The molecule has 0 aliphatic rings. The van der Waals surface area contributed by atoms with Crippen LogP contribution in [-0.4, -0.2) is 12.6 Å². The van der Waals surface area contributed by atoms with Crippen molar-refractivity contribution in [2.45, 2.75) is 58.3 Å². The van der Waals surface area contributed by atoms with E-state index in [4.69, 9.17) is 4.74 Å². The molecule has 0 radical (unpaired) electrons. The predicted octanol–water partition coefficient (Wildman–Crippen LogP) is 5.12. The van der Waals surface area contributed by atoms with E-state index in [-0.39, 0.29) is 5.56 Å². The lowest BCUT2D eigenvalue weighted by Gasteiger charge is -2.05. The maximum atomic E-state index is 12.9. The average molecular weight is 280 g/mol. The lowest BCUT2D eigenvalue weighted by atomic mass is 10.1. The first-order valence-electron chi connectivity index (χ1n) is 7.66. The first-order chi connectivity index (χ1) is 9.74. The van der Waals surface area contributed by atoms with Crippen molar-refractivity contribution in [1.29, 1.82) is 0 Å². The SMILES string of the molecule is CCCCCCCCCCOC(=O)c1cccc(F)c1. The van der Waals surface area contributed by atoms with Crippen LogP contribution in [0.5, 0.6) is 0 Å². The third-order valence-electron chi connectivity index (χ3n) is 3.29. The molecule has 0 fully saturated rings. The number of rotatable bonds is 10. The average Bonchev–Trinajstić information content (AvgIpc) is 2.45. The number of carbonyl (C=O) groups is 1. The van der Waals surface area contributed by atoms with E-state index in [1.165, 1.54) is 56.7 Å². The van der Waals surface area contributed by atoms with Gasteiger partial charge in [0.25, 0.3) is 0 Å². The normalized spacial score (nSPS) is 10.5. The van der Waals surface area contributed by atoms with Gasteiger partial charge in [0, 0.05) is 0 Å². The molecule has 1 aromatic carbocycles. The molecule has 3 heteroatoms. The van der Waals surface area contributed by atoms with E-state index in [0.717, 1.165) is 12.8 Å². The van der Waals surface area contributed by atoms with Crippen LogP contribution in [0.4, 0.5) is 4.39 Å². The van der Waals surface area contributed by atoms with E-state index >= 15 is 0 Å². The number of hydrogen-bond donors (Lipinski definition) is 0. The van der Waals surface area contributed by atoms with Crippen LogP contribution in [0.3, 0.4) is 0 Å². The summed E-state index contributed by atoms with van der Waals surface area (Å²) in [5, 5.41) is 0. The van der Waals surface area contributed by atoms with Gasteiger partial charge in [-0.1, -0.05) is 57.9 Å². The second kappa shape index (κ2) is 10.4. The summed E-state index contributed by atoms with van der Waals surface area (Å²) in [5.74, 6) is -0.848. The first kappa shape index (κ1) is 16.7. The van der Waals surface area contributed by atoms with Crippen LogP contribution in [0, 0.1) is 5.82 Å². The van der Waals surface area contributed by atoms with Gasteiger partial charge in [0.05, 0.1) is 12.2 Å². The molecule has 20 heavy (non-hydrogen) atoms. The summed E-state index contributed by atoms with van der Waals surface area (Å²) in [7, 11) is 0. The molecule has 0 aliphatic heterocycles. The Hall–Kier alpha value is -1.38. The van der Waals surface area contributed by atoms with Crippen molar-refractivity contribution in [1.82, 2.24) is 0 Å². The highest BCUT2D eigenvalue weighted by molar-refractivity contribution is 5.89. The van der Waals surface area contributed by atoms with Gasteiger partial charge in [-0.05, 0) is 24.6 Å². The number of ether oxygens (including phenoxy) is 1. The Morgan fingerprint density at radius 1 is 1.05 bits per heavy atom. The molecule has 0 saturated carbocycles. The molecule has 0 spiro atoms. The summed E-state index contributed by atoms with van der Waals surface area (Å²) in [4.78, 5) is 11.6. The molecule has 0 bridgehead atoms. The Bertz CT molecular complexity index is 390. The van der Waals surface area contributed by atoms with E-state index in [1.54, 1.807) is 6.07 Å². The minimum absolute atomic E-state index is 0.282. The van der Waals surface area contributed by atoms with Gasteiger partial charge >= 0.3 is 5.97 Å². The Morgan fingerprint density at radius 2 is 1.70 bits per heavy atom. The highest BCUT2D eigenvalue weighted by Crippen LogP contribution is 2.09. The van der Waals surface area contributed by atoms with Gasteiger partial charge < -0.3 is 4.74 Å². The maximum absolute atomic E-state index is 12.9. The van der Waals surface area contributed by atoms with Gasteiger partial charge in [0.2, 0.25) is 0 Å². The van der Waals surface area contributed by atoms with Crippen molar-refractivity contribution in [3.05, 3.63) is 35.6 Å². The van der Waals surface area contributed by atoms with E-state index < -0.39 is 11.8 Å². The summed E-state index contributed by atoms with van der Waals surface area (Å²) in [5.41, 5.74) is 0.282. The monoisotopic (exact) mass is 280 g/mol. The maximum Gasteiger partial charge on any atom is 0.338 e. The van der Waals surface area contributed by atoms with Gasteiger partial charge in [0.1, 0.15) is 5.82 Å². The molecule has 0 aromatic heterocycles. The van der Waals surface area contributed by atoms with Gasteiger partial charge in [-0.25, -0.2) is 9.18 Å². The molecular weight excluding hydrogens is 255 g/mol. The Kier molecular flexibility index (Phi) is 8.68. The first-order valence-corrected chi connectivity index (χ1v) is 7.66. The lowest BCUT2D eigenvalue weighted by Crippen LogP contribution is -2.06. The number of halogens is 1. The quantitative estimate of drug-likeness (QED) is 0.439. The molecule has 0 amide bonds. The predicted molar refractivity (Wildman–Crippen MR) is 79.3 cm³/mol. The second-order valence-electron chi connectivity index (χ2n) is 5.12. The fourth-order valence-corrected chi connectivity index (χ4v) is 2.10. The van der Waals surface area contributed by atoms with Crippen LogP contribution in [0.1, 0.15) is 68.6 Å². The summed E-state index contributed by atoms with van der Waals surface area (Å²) in [6.07, 6.45) is 9.65. The zero-order valence-electron chi connectivity index (χ0n) is 12.4. The van der Waals surface area contributed by atoms with E-state index in [0.29, 0.717) is 6.61 Å². The largest absolute Gasteiger partial charge is 0.462 e. The van der Waals surface area contributed by atoms with Crippen LogP contribution in [-0.2, 0) is 4.74 Å². The number of hydrogen-bond acceptors (Lipinski definition) is 2. The van der Waals surface area contributed by atoms with Crippen LogP contribution in [0.2, 0.25) is 0 Å². The number of unbranched alkanes of at least 4 members (excludes halogenated alkanes) is 7. The summed E-state index contributed by atoms with van der Waals surface area (Å²) >= 11 is 0. The van der Waals surface area contributed by atoms with Crippen LogP contribution in [0.15, 0.2) is 24.3 Å². The number of esters is 1. The topological polar surface area (TPSA) is 26.3 Å². The van der Waals surface area contributed by atoms with Crippen molar-refractivity contribution in [3.63, 3.8) is 0 Å². The zero-order chi connectivity index (χ0) is 14.6. The van der Waals surface area contributed by atoms with Gasteiger partial charge in [-0.3, -0.25) is 0 Å². The third-order valence-corrected chi connectivity index (χ3v) is 3.29. The number of benzene rings is 1. The molecule has 112 valence electrons. The molecule has 0 heterocycles. The second-order valence-corrected chi connectivity index (χ2v) is 5.12. The van der Waals surface area contributed by atoms with E-state index in [9.17, 15) is 9.18 Å². The highest BCUT2D eigenvalue weighted by atomic mass is 19.1. The molecule has 1 rings (SSSR count). The molecule has 2 nitrogen and oxygen atoms in total. The third kappa shape index (κ3) is 7.27. The summed E-state index contributed by atoms with van der Waals surface area (Å²) in [6.45, 7) is 2.64. The van der Waals surface area contributed by atoms with Gasteiger partial charge in [0.15, 0.2) is 0 Å².